The van der Waals surface area contributed by atoms with Crippen LogP contribution in [0.5, 0.6) is 5.75 Å². The zero-order chi connectivity index (χ0) is 15.0. The van der Waals surface area contributed by atoms with Crippen LogP contribution in [0.4, 0.5) is 8.78 Å². The fraction of sp³-hybridized carbons (Fsp3) is 0.250. The molecule has 1 aliphatic heterocycles. The van der Waals surface area contributed by atoms with Crippen molar-refractivity contribution in [2.24, 2.45) is 5.73 Å². The minimum Gasteiger partial charge on any atom is -0.493 e. The monoisotopic (exact) mass is 309 g/mol. The summed E-state index contributed by atoms with van der Waals surface area (Å²) in [6, 6.07) is 6.79. The van der Waals surface area contributed by atoms with Crippen LogP contribution in [0.15, 0.2) is 30.3 Å². The molecule has 5 heteroatoms. The summed E-state index contributed by atoms with van der Waals surface area (Å²) in [5, 5.41) is -0.255. The van der Waals surface area contributed by atoms with Crippen LogP contribution in [0.3, 0.4) is 0 Å². The first kappa shape index (κ1) is 14.3. The summed E-state index contributed by atoms with van der Waals surface area (Å²) in [5.74, 6) is -0.623. The van der Waals surface area contributed by atoms with Crippen LogP contribution in [-0.4, -0.2) is 6.61 Å². The number of hydrogen-bond donors (Lipinski definition) is 1. The van der Waals surface area contributed by atoms with Crippen molar-refractivity contribution < 1.29 is 13.5 Å². The molecule has 0 bridgehead atoms. The summed E-state index contributed by atoms with van der Waals surface area (Å²) in [6.45, 7) is 0.605. The quantitative estimate of drug-likeness (QED) is 0.851. The highest BCUT2D eigenvalue weighted by Gasteiger charge is 2.23. The average Bonchev–Trinajstić information content (AvgIpc) is 2.49. The Morgan fingerprint density at radius 2 is 1.95 bits per heavy atom. The van der Waals surface area contributed by atoms with Gasteiger partial charge in [-0.2, -0.15) is 0 Å². The molecule has 1 unspecified atom stereocenters. The van der Waals surface area contributed by atoms with Gasteiger partial charge in [0.1, 0.15) is 17.4 Å². The van der Waals surface area contributed by atoms with Crippen molar-refractivity contribution in [3.05, 3.63) is 63.7 Å². The number of nitrogens with two attached hydrogens (primary N) is 1. The van der Waals surface area contributed by atoms with Crippen molar-refractivity contribution >= 4 is 11.6 Å². The van der Waals surface area contributed by atoms with Gasteiger partial charge in [-0.3, -0.25) is 0 Å². The minimum absolute atomic E-state index is 0.0690. The maximum atomic E-state index is 14.0. The van der Waals surface area contributed by atoms with E-state index in [9.17, 15) is 8.78 Å². The van der Waals surface area contributed by atoms with Crippen LogP contribution >= 0.6 is 11.6 Å². The second kappa shape index (κ2) is 5.62. The van der Waals surface area contributed by atoms with Crippen molar-refractivity contribution in [2.75, 3.05) is 6.61 Å². The van der Waals surface area contributed by atoms with E-state index in [1.165, 1.54) is 0 Å². The summed E-state index contributed by atoms with van der Waals surface area (Å²) in [6.07, 6.45) is 1.84. The van der Waals surface area contributed by atoms with Gasteiger partial charge in [-0.15, -0.1) is 0 Å². The van der Waals surface area contributed by atoms with E-state index in [1.807, 2.05) is 12.1 Å². The fourth-order valence-electron chi connectivity index (χ4n) is 2.60. The third kappa shape index (κ3) is 2.61. The summed E-state index contributed by atoms with van der Waals surface area (Å²) in [5.41, 5.74) is 7.90. The van der Waals surface area contributed by atoms with Crippen LogP contribution in [0.25, 0.3) is 0 Å². The Morgan fingerprint density at radius 1 is 1.14 bits per heavy atom. The van der Waals surface area contributed by atoms with E-state index in [0.29, 0.717) is 17.9 Å². The molecule has 0 aromatic heterocycles. The first-order valence-electron chi connectivity index (χ1n) is 6.72. The van der Waals surface area contributed by atoms with Crippen molar-refractivity contribution in [3.63, 3.8) is 0 Å². The molecule has 0 aliphatic carbocycles. The molecule has 0 saturated carbocycles. The highest BCUT2D eigenvalue weighted by molar-refractivity contribution is 6.30. The van der Waals surface area contributed by atoms with Crippen LogP contribution in [0.1, 0.15) is 29.2 Å². The third-order valence-corrected chi connectivity index (χ3v) is 3.96. The predicted molar refractivity (Wildman–Crippen MR) is 77.7 cm³/mol. The second-order valence-electron chi connectivity index (χ2n) is 5.05. The molecule has 2 N–H and O–H groups in total. The van der Waals surface area contributed by atoms with Crippen molar-refractivity contribution in [2.45, 2.75) is 18.9 Å². The van der Waals surface area contributed by atoms with Crippen molar-refractivity contribution in [1.82, 2.24) is 0 Å². The molecule has 0 saturated heterocycles. The van der Waals surface area contributed by atoms with Gasteiger partial charge < -0.3 is 10.5 Å². The first-order chi connectivity index (χ1) is 10.1. The summed E-state index contributed by atoms with van der Waals surface area (Å²) >= 11 is 5.57. The topological polar surface area (TPSA) is 35.2 Å². The lowest BCUT2D eigenvalue weighted by molar-refractivity contribution is 0.284. The molecule has 1 aliphatic rings. The Kier molecular flexibility index (Phi) is 3.83. The number of hydrogen-bond acceptors (Lipinski definition) is 2. The maximum absolute atomic E-state index is 14.0. The second-order valence-corrected chi connectivity index (χ2v) is 5.46. The molecule has 21 heavy (non-hydrogen) atoms. The smallest absolute Gasteiger partial charge is 0.142 e. The summed E-state index contributed by atoms with van der Waals surface area (Å²) < 4.78 is 33.3. The van der Waals surface area contributed by atoms with Gasteiger partial charge in [-0.05, 0) is 30.5 Å². The molecule has 0 fully saturated rings. The third-order valence-electron chi connectivity index (χ3n) is 3.67. The zero-order valence-electron chi connectivity index (χ0n) is 11.2. The molecular weight excluding hydrogens is 296 g/mol. The van der Waals surface area contributed by atoms with Gasteiger partial charge in [0.25, 0.3) is 0 Å². The molecule has 2 aromatic carbocycles. The van der Waals surface area contributed by atoms with Crippen molar-refractivity contribution in [3.8, 4) is 5.75 Å². The standard InChI is InChI=1S/C16H14ClF2NO/c17-12-8-13(18)11(7-14(12)19)15(20)10-5-1-3-9-4-2-6-21-16(9)10/h1,3,5,7-8,15H,2,4,6,20H2. The normalized spacial score (nSPS) is 15.2. The fourth-order valence-corrected chi connectivity index (χ4v) is 2.75. The van der Waals surface area contributed by atoms with Crippen LogP contribution in [-0.2, 0) is 6.42 Å². The van der Waals surface area contributed by atoms with Gasteiger partial charge >= 0.3 is 0 Å². The Balaban J connectivity index is 2.07. The summed E-state index contributed by atoms with van der Waals surface area (Å²) in [7, 11) is 0. The number of aryl methyl sites for hydroxylation is 1. The molecule has 1 heterocycles. The molecule has 2 nitrogen and oxygen atoms in total. The van der Waals surface area contributed by atoms with Crippen molar-refractivity contribution in [1.29, 1.82) is 0 Å². The Morgan fingerprint density at radius 3 is 2.76 bits per heavy atom. The van der Waals surface area contributed by atoms with E-state index in [1.54, 1.807) is 6.07 Å². The van der Waals surface area contributed by atoms with E-state index in [-0.39, 0.29) is 10.6 Å². The van der Waals surface area contributed by atoms with Crippen LogP contribution < -0.4 is 10.5 Å². The predicted octanol–water partition coefficient (Wildman–Crippen LogP) is 3.99. The largest absolute Gasteiger partial charge is 0.493 e. The van der Waals surface area contributed by atoms with E-state index in [4.69, 9.17) is 22.1 Å². The number of halogens is 3. The molecule has 3 rings (SSSR count). The lowest BCUT2D eigenvalue weighted by Gasteiger charge is -2.23. The molecule has 0 spiro atoms. The highest BCUT2D eigenvalue weighted by Crippen LogP contribution is 2.36. The van der Waals surface area contributed by atoms with E-state index >= 15 is 0 Å². The first-order valence-corrected chi connectivity index (χ1v) is 7.10. The van der Waals surface area contributed by atoms with E-state index in [2.05, 4.69) is 0 Å². The number of rotatable bonds is 2. The van der Waals surface area contributed by atoms with Gasteiger partial charge in [0.05, 0.1) is 17.7 Å². The minimum atomic E-state index is -0.801. The number of para-hydroxylation sites is 1. The molecule has 0 amide bonds. The van der Waals surface area contributed by atoms with Gasteiger partial charge in [0, 0.05) is 11.1 Å². The Hall–Kier alpha value is -1.65. The highest BCUT2D eigenvalue weighted by atomic mass is 35.5. The zero-order valence-corrected chi connectivity index (χ0v) is 12.0. The lowest BCUT2D eigenvalue weighted by atomic mass is 9.94. The van der Waals surface area contributed by atoms with E-state index < -0.39 is 17.7 Å². The van der Waals surface area contributed by atoms with E-state index in [0.717, 1.165) is 30.5 Å². The molecular formula is C16H14ClF2NO. The maximum Gasteiger partial charge on any atom is 0.142 e. The Bertz CT molecular complexity index is 690. The SMILES string of the molecule is NC(c1cc(F)c(Cl)cc1F)c1cccc2c1OCCC2. The molecule has 2 aromatic rings. The number of ether oxygens (including phenoxy) is 1. The van der Waals surface area contributed by atoms with Gasteiger partial charge in [-0.1, -0.05) is 29.8 Å². The van der Waals surface area contributed by atoms with Gasteiger partial charge in [0.2, 0.25) is 0 Å². The lowest BCUT2D eigenvalue weighted by Crippen LogP contribution is -2.18. The van der Waals surface area contributed by atoms with Crippen LogP contribution in [0, 0.1) is 11.6 Å². The Labute approximate surface area is 126 Å². The van der Waals surface area contributed by atoms with Gasteiger partial charge in [0.15, 0.2) is 0 Å². The average molecular weight is 310 g/mol. The molecule has 0 radical (unpaired) electrons. The van der Waals surface area contributed by atoms with Gasteiger partial charge in [-0.25, -0.2) is 8.78 Å². The molecule has 110 valence electrons. The number of benzene rings is 2. The van der Waals surface area contributed by atoms with Crippen LogP contribution in [0.2, 0.25) is 5.02 Å². The molecule has 1 atom stereocenters. The number of fused-ring (bicyclic) bond motifs is 1. The summed E-state index contributed by atoms with van der Waals surface area (Å²) in [4.78, 5) is 0.